The number of nitrogens with one attached hydrogen (secondary N) is 1. The van der Waals surface area contributed by atoms with Gasteiger partial charge in [0.05, 0.1) is 5.75 Å². The molecule has 0 bridgehead atoms. The molecule has 20 heavy (non-hydrogen) atoms. The molecule has 0 fully saturated rings. The molecular weight excluding hydrogens is 296 g/mol. The Kier molecular flexibility index (Phi) is 4.70. The first-order valence-corrected chi connectivity index (χ1v) is 7.47. The van der Waals surface area contributed by atoms with Crippen LogP contribution in [0.25, 0.3) is 0 Å². The van der Waals surface area contributed by atoms with Gasteiger partial charge in [-0.05, 0) is 19.1 Å². The van der Waals surface area contributed by atoms with Gasteiger partial charge in [-0.15, -0.1) is 10.2 Å². The highest BCUT2D eigenvalue weighted by atomic mass is 32.2. The summed E-state index contributed by atoms with van der Waals surface area (Å²) in [7, 11) is 0. The van der Waals surface area contributed by atoms with Gasteiger partial charge in [0.25, 0.3) is 0 Å². The molecule has 2 aromatic rings. The van der Waals surface area contributed by atoms with Crippen LogP contribution in [0.3, 0.4) is 0 Å². The molecule has 104 valence electrons. The average Bonchev–Trinajstić information content (AvgIpc) is 2.82. The first-order chi connectivity index (χ1) is 9.54. The number of Topliss-reactive ketones (excluding diaryl/α,β-unsaturated/α-hetero) is 1. The van der Waals surface area contributed by atoms with E-state index in [-0.39, 0.29) is 17.4 Å². The fraction of sp³-hybridized carbons (Fsp3) is 0.167. The first-order valence-electron chi connectivity index (χ1n) is 5.67. The van der Waals surface area contributed by atoms with Crippen molar-refractivity contribution >= 4 is 45.6 Å². The van der Waals surface area contributed by atoms with E-state index in [0.717, 1.165) is 0 Å². The minimum absolute atomic E-state index is 0.0418. The maximum atomic E-state index is 11.8. The van der Waals surface area contributed by atoms with Crippen LogP contribution in [0.1, 0.15) is 17.3 Å². The second-order valence-corrected chi connectivity index (χ2v) is 6.11. The molecule has 0 atom stereocenters. The molecule has 0 saturated carbocycles. The van der Waals surface area contributed by atoms with Crippen molar-refractivity contribution in [1.82, 2.24) is 10.2 Å². The summed E-state index contributed by atoms with van der Waals surface area (Å²) < 4.78 is 0.648. The lowest BCUT2D eigenvalue weighted by atomic mass is 10.1. The van der Waals surface area contributed by atoms with Gasteiger partial charge in [-0.3, -0.25) is 9.59 Å². The molecule has 0 unspecified atom stereocenters. The van der Waals surface area contributed by atoms with Gasteiger partial charge in [0.2, 0.25) is 11.0 Å². The number of benzene rings is 1. The van der Waals surface area contributed by atoms with E-state index in [1.807, 2.05) is 0 Å². The Morgan fingerprint density at radius 3 is 2.85 bits per heavy atom. The minimum atomic E-state index is -0.176. The van der Waals surface area contributed by atoms with E-state index in [1.54, 1.807) is 24.3 Å². The summed E-state index contributed by atoms with van der Waals surface area (Å²) in [5.74, 6) is -0.0110. The molecule has 0 radical (unpaired) electrons. The maximum absolute atomic E-state index is 11.8. The van der Waals surface area contributed by atoms with Crippen LogP contribution in [0.2, 0.25) is 0 Å². The quantitative estimate of drug-likeness (QED) is 0.648. The summed E-state index contributed by atoms with van der Waals surface area (Å²) in [4.78, 5) is 23.0. The number of rotatable bonds is 5. The van der Waals surface area contributed by atoms with Crippen molar-refractivity contribution in [1.29, 1.82) is 0 Å². The van der Waals surface area contributed by atoms with Crippen LogP contribution in [-0.4, -0.2) is 27.6 Å². The third-order valence-electron chi connectivity index (χ3n) is 2.30. The summed E-state index contributed by atoms with van der Waals surface area (Å²) in [6.07, 6.45) is 0. The molecule has 1 amide bonds. The van der Waals surface area contributed by atoms with Gasteiger partial charge in [-0.25, -0.2) is 0 Å². The Hall–Kier alpha value is -1.93. The first kappa shape index (κ1) is 14.5. The van der Waals surface area contributed by atoms with E-state index in [4.69, 9.17) is 5.73 Å². The number of amides is 1. The lowest BCUT2D eigenvalue weighted by Crippen LogP contribution is -2.14. The number of nitrogen functional groups attached to an aromatic ring is 1. The van der Waals surface area contributed by atoms with Crippen molar-refractivity contribution in [3.05, 3.63) is 29.8 Å². The SMILES string of the molecule is CC(=O)c1cccc(NC(=O)CSc2nnc(N)s2)c1. The van der Waals surface area contributed by atoms with Crippen molar-refractivity contribution in [2.24, 2.45) is 0 Å². The lowest BCUT2D eigenvalue weighted by molar-refractivity contribution is -0.113. The zero-order valence-electron chi connectivity index (χ0n) is 10.6. The highest BCUT2D eigenvalue weighted by Crippen LogP contribution is 2.23. The number of nitrogens with zero attached hydrogens (tertiary/aromatic N) is 2. The number of nitrogens with two attached hydrogens (primary N) is 1. The zero-order valence-corrected chi connectivity index (χ0v) is 12.3. The Bertz CT molecular complexity index is 642. The van der Waals surface area contributed by atoms with E-state index in [0.29, 0.717) is 20.7 Å². The predicted octanol–water partition coefficient (Wildman–Crippen LogP) is 2.05. The highest BCUT2D eigenvalue weighted by molar-refractivity contribution is 8.01. The van der Waals surface area contributed by atoms with Crippen molar-refractivity contribution in [3.63, 3.8) is 0 Å². The van der Waals surface area contributed by atoms with Crippen molar-refractivity contribution in [3.8, 4) is 0 Å². The monoisotopic (exact) mass is 308 g/mol. The van der Waals surface area contributed by atoms with E-state index in [9.17, 15) is 9.59 Å². The Balaban J connectivity index is 1.91. The van der Waals surface area contributed by atoms with E-state index >= 15 is 0 Å². The molecule has 0 saturated heterocycles. The standard InChI is InChI=1S/C12H12N4O2S2/c1-7(17)8-3-2-4-9(5-8)14-10(18)6-19-12-16-15-11(13)20-12/h2-5H,6H2,1H3,(H2,13,15)(H,14,18). The van der Waals surface area contributed by atoms with Crippen LogP contribution in [0.5, 0.6) is 0 Å². The topological polar surface area (TPSA) is 98.0 Å². The van der Waals surface area contributed by atoms with E-state index in [2.05, 4.69) is 15.5 Å². The van der Waals surface area contributed by atoms with Gasteiger partial charge in [0, 0.05) is 11.3 Å². The van der Waals surface area contributed by atoms with Crippen LogP contribution < -0.4 is 11.1 Å². The van der Waals surface area contributed by atoms with Gasteiger partial charge in [-0.2, -0.15) is 0 Å². The largest absolute Gasteiger partial charge is 0.374 e. The Labute approximate surface area is 123 Å². The fourth-order valence-corrected chi connectivity index (χ4v) is 2.86. The molecule has 0 spiro atoms. The summed E-state index contributed by atoms with van der Waals surface area (Å²) in [6.45, 7) is 1.48. The van der Waals surface area contributed by atoms with Crippen molar-refractivity contribution < 1.29 is 9.59 Å². The van der Waals surface area contributed by atoms with Gasteiger partial charge < -0.3 is 11.1 Å². The summed E-state index contributed by atoms with van der Waals surface area (Å²) in [6, 6.07) is 6.81. The third-order valence-corrected chi connectivity index (χ3v) is 4.19. The van der Waals surface area contributed by atoms with Gasteiger partial charge >= 0.3 is 0 Å². The number of anilines is 2. The summed E-state index contributed by atoms with van der Waals surface area (Å²) in [5.41, 5.74) is 6.61. The Morgan fingerprint density at radius 2 is 2.20 bits per heavy atom. The highest BCUT2D eigenvalue weighted by Gasteiger charge is 2.08. The lowest BCUT2D eigenvalue weighted by Gasteiger charge is -2.05. The summed E-state index contributed by atoms with van der Waals surface area (Å²) >= 11 is 2.50. The van der Waals surface area contributed by atoms with E-state index in [1.165, 1.54) is 30.0 Å². The number of thioether (sulfide) groups is 1. The van der Waals surface area contributed by atoms with Crippen LogP contribution in [0, 0.1) is 0 Å². The molecule has 2 rings (SSSR count). The average molecular weight is 308 g/mol. The number of ketones is 1. The molecule has 0 aliphatic rings. The second-order valence-electron chi connectivity index (χ2n) is 3.88. The minimum Gasteiger partial charge on any atom is -0.374 e. The van der Waals surface area contributed by atoms with Crippen LogP contribution in [0.15, 0.2) is 28.6 Å². The normalized spacial score (nSPS) is 10.2. The number of carbonyl (C=O) groups excluding carboxylic acids is 2. The Morgan fingerprint density at radius 1 is 1.40 bits per heavy atom. The van der Waals surface area contributed by atoms with Gasteiger partial charge in [0.15, 0.2) is 10.1 Å². The summed E-state index contributed by atoms with van der Waals surface area (Å²) in [5, 5.41) is 10.6. The van der Waals surface area contributed by atoms with Crippen LogP contribution >= 0.6 is 23.1 Å². The molecule has 0 aliphatic heterocycles. The van der Waals surface area contributed by atoms with Crippen LogP contribution in [0.4, 0.5) is 10.8 Å². The smallest absolute Gasteiger partial charge is 0.234 e. The van der Waals surface area contributed by atoms with Crippen molar-refractivity contribution in [2.45, 2.75) is 11.3 Å². The molecule has 0 aliphatic carbocycles. The molecule has 3 N–H and O–H groups in total. The maximum Gasteiger partial charge on any atom is 0.234 e. The number of carbonyl (C=O) groups is 2. The molecular formula is C12H12N4O2S2. The van der Waals surface area contributed by atoms with Crippen LogP contribution in [-0.2, 0) is 4.79 Å². The second kappa shape index (κ2) is 6.49. The molecule has 1 heterocycles. The zero-order chi connectivity index (χ0) is 14.5. The molecule has 1 aromatic carbocycles. The number of aromatic nitrogens is 2. The van der Waals surface area contributed by atoms with Gasteiger partial charge in [-0.1, -0.05) is 35.2 Å². The van der Waals surface area contributed by atoms with Crippen molar-refractivity contribution in [2.75, 3.05) is 16.8 Å². The number of hydrogen-bond acceptors (Lipinski definition) is 7. The number of hydrogen-bond donors (Lipinski definition) is 2. The molecule has 6 nitrogen and oxygen atoms in total. The molecule has 8 heteroatoms. The van der Waals surface area contributed by atoms with Gasteiger partial charge in [0.1, 0.15) is 0 Å². The predicted molar refractivity (Wildman–Crippen MR) is 80.1 cm³/mol. The van der Waals surface area contributed by atoms with E-state index < -0.39 is 0 Å². The molecule has 1 aromatic heterocycles. The fourth-order valence-electron chi connectivity index (χ4n) is 1.42. The third kappa shape index (κ3) is 4.04.